The molecule has 0 radical (unpaired) electrons. The Hall–Kier alpha value is -1.55. The molecule has 0 saturated heterocycles. The van der Waals surface area contributed by atoms with Crippen molar-refractivity contribution >= 4 is 11.6 Å². The number of carbonyl (C=O) groups is 1. The Bertz CT molecular complexity index is 439. The number of hydrogen-bond donors (Lipinski definition) is 2. The molecule has 1 fully saturated rings. The van der Waals surface area contributed by atoms with Gasteiger partial charge in [-0.05, 0) is 43.5 Å². The van der Waals surface area contributed by atoms with Gasteiger partial charge in [-0.1, -0.05) is 0 Å². The van der Waals surface area contributed by atoms with Crippen molar-refractivity contribution in [2.45, 2.75) is 31.9 Å². The number of methoxy groups -OCH3 is 1. The van der Waals surface area contributed by atoms with Crippen LogP contribution in [0.15, 0.2) is 18.2 Å². The first kappa shape index (κ1) is 12.9. The highest BCUT2D eigenvalue weighted by atomic mass is 16.5. The fraction of sp³-hybridized carbons (Fsp3) is 0.500. The molecule has 0 aliphatic heterocycles. The first-order valence-electron chi connectivity index (χ1n) is 6.26. The third kappa shape index (κ3) is 2.64. The van der Waals surface area contributed by atoms with Crippen molar-refractivity contribution in [3.05, 3.63) is 29.3 Å². The Labute approximate surface area is 108 Å². The molecule has 2 rings (SSSR count). The Morgan fingerprint density at radius 1 is 1.39 bits per heavy atom. The number of aryl methyl sites for hydroxylation is 1. The van der Waals surface area contributed by atoms with E-state index in [1.54, 1.807) is 7.11 Å². The van der Waals surface area contributed by atoms with E-state index in [1.807, 2.05) is 32.2 Å². The molecule has 1 aromatic carbocycles. The molecule has 0 unspecified atom stereocenters. The van der Waals surface area contributed by atoms with Gasteiger partial charge in [0, 0.05) is 31.5 Å². The van der Waals surface area contributed by atoms with Gasteiger partial charge in [0.2, 0.25) is 0 Å². The summed E-state index contributed by atoms with van der Waals surface area (Å²) in [6.07, 6.45) is 2.13. The first-order valence-corrected chi connectivity index (χ1v) is 6.26. The van der Waals surface area contributed by atoms with Crippen molar-refractivity contribution in [3.8, 4) is 0 Å². The molecule has 1 aromatic rings. The highest BCUT2D eigenvalue weighted by Crippen LogP contribution is 2.23. The molecule has 1 aliphatic rings. The van der Waals surface area contributed by atoms with Gasteiger partial charge < -0.3 is 15.4 Å². The molecular weight excluding hydrogens is 228 g/mol. The maximum absolute atomic E-state index is 12.1. The zero-order valence-electron chi connectivity index (χ0n) is 11.1. The standard InChI is InChI=1S/C14H20N2O2/c1-9-6-10(15-2)4-5-13(9)14(17)16-11-7-12(8-11)18-3/h4-6,11-12,15H,7-8H2,1-3H3,(H,16,17). The van der Waals surface area contributed by atoms with E-state index < -0.39 is 0 Å². The Kier molecular flexibility index (Phi) is 3.87. The van der Waals surface area contributed by atoms with E-state index in [9.17, 15) is 4.79 Å². The number of nitrogens with one attached hydrogen (secondary N) is 2. The molecule has 1 saturated carbocycles. The summed E-state index contributed by atoms with van der Waals surface area (Å²) in [5.41, 5.74) is 2.75. The van der Waals surface area contributed by atoms with Gasteiger partial charge in [-0.2, -0.15) is 0 Å². The number of ether oxygens (including phenoxy) is 1. The van der Waals surface area contributed by atoms with Crippen molar-refractivity contribution in [1.29, 1.82) is 0 Å². The topological polar surface area (TPSA) is 50.4 Å². The number of rotatable bonds is 4. The molecule has 98 valence electrons. The van der Waals surface area contributed by atoms with Crippen LogP contribution in [0.25, 0.3) is 0 Å². The van der Waals surface area contributed by atoms with Crippen molar-refractivity contribution in [2.24, 2.45) is 0 Å². The summed E-state index contributed by atoms with van der Waals surface area (Å²) in [6.45, 7) is 1.95. The van der Waals surface area contributed by atoms with Gasteiger partial charge in [0.25, 0.3) is 5.91 Å². The van der Waals surface area contributed by atoms with Crippen molar-refractivity contribution < 1.29 is 9.53 Å². The third-order valence-corrected chi connectivity index (χ3v) is 3.52. The maximum atomic E-state index is 12.1. The highest BCUT2D eigenvalue weighted by Gasteiger charge is 2.30. The van der Waals surface area contributed by atoms with E-state index in [0.717, 1.165) is 29.7 Å². The molecule has 4 heteroatoms. The van der Waals surface area contributed by atoms with Gasteiger partial charge in [0.05, 0.1) is 6.10 Å². The van der Waals surface area contributed by atoms with Crippen molar-refractivity contribution in [3.63, 3.8) is 0 Å². The molecule has 0 spiro atoms. The maximum Gasteiger partial charge on any atom is 0.251 e. The van der Waals surface area contributed by atoms with Crippen LogP contribution < -0.4 is 10.6 Å². The van der Waals surface area contributed by atoms with E-state index >= 15 is 0 Å². The summed E-state index contributed by atoms with van der Waals surface area (Å²) in [7, 11) is 3.58. The quantitative estimate of drug-likeness (QED) is 0.856. The lowest BCUT2D eigenvalue weighted by atomic mass is 9.89. The average Bonchev–Trinajstić information content (AvgIpc) is 2.32. The highest BCUT2D eigenvalue weighted by molar-refractivity contribution is 5.96. The normalized spacial score (nSPS) is 22.2. The summed E-state index contributed by atoms with van der Waals surface area (Å²) < 4.78 is 5.20. The molecule has 4 nitrogen and oxygen atoms in total. The molecule has 0 bridgehead atoms. The van der Waals surface area contributed by atoms with E-state index in [2.05, 4.69) is 10.6 Å². The van der Waals surface area contributed by atoms with Crippen LogP contribution in [0.3, 0.4) is 0 Å². The van der Waals surface area contributed by atoms with Crippen LogP contribution in [0.2, 0.25) is 0 Å². The lowest BCUT2D eigenvalue weighted by Gasteiger charge is -2.34. The monoisotopic (exact) mass is 248 g/mol. The van der Waals surface area contributed by atoms with Gasteiger partial charge in [0.1, 0.15) is 0 Å². The van der Waals surface area contributed by atoms with Crippen molar-refractivity contribution in [2.75, 3.05) is 19.5 Å². The molecule has 1 aliphatic carbocycles. The third-order valence-electron chi connectivity index (χ3n) is 3.52. The first-order chi connectivity index (χ1) is 8.63. The van der Waals surface area contributed by atoms with Crippen LogP contribution in [0, 0.1) is 6.92 Å². The predicted octanol–water partition coefficient (Wildman–Crippen LogP) is 1.94. The summed E-state index contributed by atoms with van der Waals surface area (Å²) in [5, 5.41) is 6.10. The lowest BCUT2D eigenvalue weighted by Crippen LogP contribution is -2.47. The van der Waals surface area contributed by atoms with Gasteiger partial charge in [-0.25, -0.2) is 0 Å². The summed E-state index contributed by atoms with van der Waals surface area (Å²) in [5.74, 6) is 0.00899. The van der Waals surface area contributed by atoms with E-state index in [0.29, 0.717) is 6.10 Å². The smallest absolute Gasteiger partial charge is 0.251 e. The van der Waals surface area contributed by atoms with Gasteiger partial charge in [-0.3, -0.25) is 4.79 Å². The number of benzene rings is 1. The van der Waals surface area contributed by atoms with Crippen LogP contribution in [0.5, 0.6) is 0 Å². The zero-order chi connectivity index (χ0) is 13.1. The van der Waals surface area contributed by atoms with Gasteiger partial charge in [0.15, 0.2) is 0 Å². The van der Waals surface area contributed by atoms with Crippen LogP contribution in [-0.4, -0.2) is 32.2 Å². The zero-order valence-corrected chi connectivity index (χ0v) is 11.1. The minimum Gasteiger partial charge on any atom is -0.388 e. The minimum atomic E-state index is 0.00899. The van der Waals surface area contributed by atoms with Crippen molar-refractivity contribution in [1.82, 2.24) is 5.32 Å². The Balaban J connectivity index is 1.97. The molecule has 0 aromatic heterocycles. The Morgan fingerprint density at radius 2 is 2.11 bits per heavy atom. The summed E-state index contributed by atoms with van der Waals surface area (Å²) in [4.78, 5) is 12.1. The second kappa shape index (κ2) is 5.40. The van der Waals surface area contributed by atoms with Gasteiger partial charge >= 0.3 is 0 Å². The van der Waals surface area contributed by atoms with Crippen LogP contribution in [0.4, 0.5) is 5.69 Å². The molecule has 18 heavy (non-hydrogen) atoms. The fourth-order valence-corrected chi connectivity index (χ4v) is 2.21. The second-order valence-electron chi connectivity index (χ2n) is 4.78. The SMILES string of the molecule is CNc1ccc(C(=O)NC2CC(OC)C2)c(C)c1. The fourth-order valence-electron chi connectivity index (χ4n) is 2.21. The molecule has 2 N–H and O–H groups in total. The molecular formula is C14H20N2O2. The summed E-state index contributed by atoms with van der Waals surface area (Å²) >= 11 is 0. The second-order valence-corrected chi connectivity index (χ2v) is 4.78. The molecule has 0 atom stereocenters. The van der Waals surface area contributed by atoms with E-state index in [-0.39, 0.29) is 11.9 Å². The number of hydrogen-bond acceptors (Lipinski definition) is 3. The predicted molar refractivity (Wildman–Crippen MR) is 72.0 cm³/mol. The number of carbonyl (C=O) groups excluding carboxylic acids is 1. The van der Waals surface area contributed by atoms with E-state index in [4.69, 9.17) is 4.74 Å². The van der Waals surface area contributed by atoms with E-state index in [1.165, 1.54) is 0 Å². The molecule has 0 heterocycles. The number of anilines is 1. The lowest BCUT2D eigenvalue weighted by molar-refractivity contribution is 0.0176. The van der Waals surface area contributed by atoms with Gasteiger partial charge in [-0.15, -0.1) is 0 Å². The summed E-state index contributed by atoms with van der Waals surface area (Å²) in [6, 6.07) is 6.02. The van der Waals surface area contributed by atoms with Crippen LogP contribution >= 0.6 is 0 Å². The Morgan fingerprint density at radius 3 is 2.67 bits per heavy atom. The van der Waals surface area contributed by atoms with Crippen LogP contribution in [0.1, 0.15) is 28.8 Å². The van der Waals surface area contributed by atoms with Crippen LogP contribution in [-0.2, 0) is 4.74 Å². The number of amides is 1. The largest absolute Gasteiger partial charge is 0.388 e. The minimum absolute atomic E-state index is 0.00899. The molecule has 1 amide bonds. The average molecular weight is 248 g/mol.